The fourth-order valence-electron chi connectivity index (χ4n) is 12.9. The molecule has 1 heterocycles. The van der Waals surface area contributed by atoms with Crippen LogP contribution < -0.4 is 5.32 Å². The minimum absolute atomic E-state index is 0.356. The number of rotatable bonds is 33. The predicted molar refractivity (Wildman–Crippen MR) is 309 cm³/mol. The second-order valence-corrected chi connectivity index (χ2v) is 27.2. The Labute approximate surface area is 425 Å². The maximum absolute atomic E-state index is 4.50. The maximum atomic E-state index is 4.50. The van der Waals surface area contributed by atoms with E-state index in [-0.39, 0.29) is 0 Å². The normalized spacial score (nSPS) is 23.1. The van der Waals surface area contributed by atoms with E-state index in [1.54, 1.807) is 5.57 Å². The molecule has 0 radical (unpaired) electrons. The van der Waals surface area contributed by atoms with Crippen molar-refractivity contribution < 1.29 is 0 Å². The lowest BCUT2D eigenvalue weighted by Gasteiger charge is -2.45. The molecular formula is C66H127N. The smallest absolute Gasteiger partial charge is 0.0193 e. The van der Waals surface area contributed by atoms with Gasteiger partial charge in [0.05, 0.1) is 0 Å². The third kappa shape index (κ3) is 31.1. The molecule has 1 nitrogen and oxygen atoms in total. The van der Waals surface area contributed by atoms with Gasteiger partial charge in [-0.2, -0.15) is 0 Å². The minimum Gasteiger partial charge on any atom is -0.311 e. The van der Waals surface area contributed by atoms with Crippen LogP contribution in [0, 0.1) is 99.6 Å². The topological polar surface area (TPSA) is 21.9 Å². The van der Waals surface area contributed by atoms with Crippen LogP contribution in [0.25, 0.3) is 0 Å². The summed E-state index contributed by atoms with van der Waals surface area (Å²) in [6.45, 7) is 62.6. The van der Waals surface area contributed by atoms with Crippen LogP contribution in [-0.4, -0.2) is 12.6 Å². The van der Waals surface area contributed by atoms with Gasteiger partial charge in [0, 0.05) is 12.6 Å². The molecule has 0 bridgehead atoms. The Hall–Kier alpha value is -1.08. The zero-order chi connectivity index (χ0) is 51.5. The average molecular weight is 935 g/mol. The van der Waals surface area contributed by atoms with Gasteiger partial charge >= 0.3 is 0 Å². The summed E-state index contributed by atoms with van der Waals surface area (Å²) in [5.74, 6) is 11.6. The lowest BCUT2D eigenvalue weighted by molar-refractivity contribution is 0.0548. The summed E-state index contributed by atoms with van der Waals surface area (Å²) < 4.78 is 0. The molecule has 1 heteroatoms. The van der Waals surface area contributed by atoms with E-state index in [9.17, 15) is 0 Å². The van der Waals surface area contributed by atoms with E-state index in [2.05, 4.69) is 181 Å². The summed E-state index contributed by atoms with van der Waals surface area (Å²) in [5.41, 5.74) is 2.40. The van der Waals surface area contributed by atoms with Gasteiger partial charge in [0.1, 0.15) is 0 Å². The lowest BCUT2D eigenvalue weighted by Crippen LogP contribution is -2.35. The number of unbranched alkanes of at least 4 members (excludes halogenated alkanes) is 2. The Morgan fingerprint density at radius 2 is 1.37 bits per heavy atom. The number of hydrogen-bond donors (Lipinski definition) is 1. The van der Waals surface area contributed by atoms with Crippen LogP contribution in [0.4, 0.5) is 0 Å². The summed E-state index contributed by atoms with van der Waals surface area (Å²) in [7, 11) is 0. The number of allylic oxidation sites excluding steroid dienone is 4. The van der Waals surface area contributed by atoms with Crippen LogP contribution in [-0.2, 0) is 0 Å². The van der Waals surface area contributed by atoms with Crippen molar-refractivity contribution in [2.75, 3.05) is 6.54 Å². The molecule has 2 fully saturated rings. The summed E-state index contributed by atoms with van der Waals surface area (Å²) in [6.07, 6.45) is 34.5. The molecular weight excluding hydrogens is 807 g/mol. The van der Waals surface area contributed by atoms with Gasteiger partial charge in [-0.1, -0.05) is 181 Å². The zero-order valence-electron chi connectivity index (χ0n) is 49.6. The first-order valence-electron chi connectivity index (χ1n) is 29.5. The monoisotopic (exact) mass is 934 g/mol. The second-order valence-electron chi connectivity index (χ2n) is 27.2. The van der Waals surface area contributed by atoms with Gasteiger partial charge < -0.3 is 5.32 Å². The molecule has 13 unspecified atom stereocenters. The van der Waals surface area contributed by atoms with Crippen LogP contribution in [0.5, 0.6) is 0 Å². The molecule has 0 aromatic heterocycles. The van der Waals surface area contributed by atoms with Crippen LogP contribution in [0.1, 0.15) is 260 Å². The van der Waals surface area contributed by atoms with Crippen molar-refractivity contribution in [1.82, 2.24) is 5.32 Å². The third-order valence-electron chi connectivity index (χ3n) is 17.0. The molecule has 2 rings (SSSR count). The molecule has 13 atom stereocenters. The highest BCUT2D eigenvalue weighted by Gasteiger charge is 2.39. The molecule has 0 amide bonds. The summed E-state index contributed by atoms with van der Waals surface area (Å²) in [6, 6.07) is 0.796. The van der Waals surface area contributed by atoms with E-state index < -0.39 is 0 Å². The van der Waals surface area contributed by atoms with E-state index in [0.717, 1.165) is 71.6 Å². The van der Waals surface area contributed by atoms with E-state index in [1.165, 1.54) is 129 Å². The fourth-order valence-corrected chi connectivity index (χ4v) is 12.9. The Kier molecular flexibility index (Phi) is 34.5. The standard InChI is InChI=1S/C56H105N.C8H18.C2H4/c1-19-22-51(45(12)31-43(10)40(6)7)25-23-47(20-2)30-42(9)28-41(8)29-44(11)52-33-49(35-56(17,18)37-52)34-53(36-55(14,15)16)46(13)50(21-3)32-48(27-39(4)5)24-26-54-38-57-54;1-4-5-6-7-8(2)3;1-2/h19,21,31,39-44,46-54,57H,1,3,20,22-30,32-38H2,2,4-18H3;8H,4-7H2,1-3H3;1-2H2/b45-31+;;. The summed E-state index contributed by atoms with van der Waals surface area (Å²) in [4.78, 5) is 0. The van der Waals surface area contributed by atoms with Gasteiger partial charge in [-0.3, -0.25) is 0 Å². The van der Waals surface area contributed by atoms with Gasteiger partial charge in [0.25, 0.3) is 0 Å². The van der Waals surface area contributed by atoms with Crippen LogP contribution >= 0.6 is 0 Å². The fraction of sp³-hybridized carbons (Fsp3) is 0.879. The Balaban J connectivity index is 0.00000392. The molecule has 1 N–H and O–H groups in total. The van der Waals surface area contributed by atoms with Gasteiger partial charge in [-0.05, 0) is 203 Å². The largest absolute Gasteiger partial charge is 0.311 e. The van der Waals surface area contributed by atoms with E-state index in [0.29, 0.717) is 40.4 Å². The average Bonchev–Trinajstić information content (AvgIpc) is 4.06. The van der Waals surface area contributed by atoms with Crippen molar-refractivity contribution >= 4 is 0 Å². The van der Waals surface area contributed by atoms with E-state index in [1.807, 2.05) is 0 Å². The Morgan fingerprint density at radius 1 is 0.746 bits per heavy atom. The molecule has 2 aliphatic rings. The molecule has 1 aliphatic carbocycles. The van der Waals surface area contributed by atoms with E-state index in [4.69, 9.17) is 0 Å². The first kappa shape index (κ1) is 65.9. The maximum Gasteiger partial charge on any atom is 0.0193 e. The second kappa shape index (κ2) is 35.1. The lowest BCUT2D eigenvalue weighted by atomic mass is 9.60. The molecule has 1 aliphatic heterocycles. The van der Waals surface area contributed by atoms with Crippen molar-refractivity contribution in [2.45, 2.75) is 266 Å². The molecule has 67 heavy (non-hydrogen) atoms. The molecule has 1 saturated heterocycles. The highest BCUT2D eigenvalue weighted by Crippen LogP contribution is 2.50. The van der Waals surface area contributed by atoms with Crippen molar-refractivity contribution in [3.05, 3.63) is 50.1 Å². The number of nitrogens with one attached hydrogen (secondary N) is 1. The van der Waals surface area contributed by atoms with Crippen molar-refractivity contribution in [1.29, 1.82) is 0 Å². The minimum atomic E-state index is 0.356. The Morgan fingerprint density at radius 3 is 1.88 bits per heavy atom. The predicted octanol–water partition coefficient (Wildman–Crippen LogP) is 21.5. The highest BCUT2D eigenvalue weighted by atomic mass is 15.1. The quantitative estimate of drug-likeness (QED) is 0.0395. The van der Waals surface area contributed by atoms with E-state index >= 15 is 0 Å². The zero-order valence-corrected chi connectivity index (χ0v) is 49.6. The van der Waals surface area contributed by atoms with Gasteiger partial charge in [0.15, 0.2) is 0 Å². The van der Waals surface area contributed by atoms with Crippen LogP contribution in [0.2, 0.25) is 0 Å². The Bertz CT molecular complexity index is 1250. The molecule has 1 saturated carbocycles. The SMILES string of the molecule is C=C.C=CCC(CCC(CC)CC(C)CC(C)CC(C)C1CC(CC(CC(C)(C)C)C(C)C(C=C)CC(CCC2CN2)CC(C)C)CC(C)(C)C1)/C(C)=C/C(C)C(C)C.CCCCCC(C)C. The van der Waals surface area contributed by atoms with Crippen molar-refractivity contribution in [2.24, 2.45) is 99.6 Å². The summed E-state index contributed by atoms with van der Waals surface area (Å²) in [5, 5.41) is 3.56. The molecule has 0 spiro atoms. The molecule has 0 aromatic carbocycles. The van der Waals surface area contributed by atoms with Crippen LogP contribution in [0.3, 0.4) is 0 Å². The number of hydrogen-bond acceptors (Lipinski definition) is 1. The van der Waals surface area contributed by atoms with Crippen LogP contribution in [0.15, 0.2) is 50.1 Å². The first-order chi connectivity index (χ1) is 31.3. The van der Waals surface area contributed by atoms with Crippen molar-refractivity contribution in [3.63, 3.8) is 0 Å². The first-order valence-corrected chi connectivity index (χ1v) is 29.5. The van der Waals surface area contributed by atoms with Gasteiger partial charge in [-0.15, -0.1) is 26.3 Å². The van der Waals surface area contributed by atoms with Gasteiger partial charge in [0.2, 0.25) is 0 Å². The van der Waals surface area contributed by atoms with Crippen molar-refractivity contribution in [3.8, 4) is 0 Å². The third-order valence-corrected chi connectivity index (χ3v) is 17.0. The van der Waals surface area contributed by atoms with Gasteiger partial charge in [-0.25, -0.2) is 0 Å². The molecule has 396 valence electrons. The summed E-state index contributed by atoms with van der Waals surface area (Å²) >= 11 is 0. The highest BCUT2D eigenvalue weighted by molar-refractivity contribution is 5.07. The molecule has 0 aromatic rings.